The molecule has 1 aromatic heterocycles. The van der Waals surface area contributed by atoms with Crippen LogP contribution in [0, 0.1) is 6.92 Å². The van der Waals surface area contributed by atoms with E-state index < -0.39 is 0 Å². The van der Waals surface area contributed by atoms with Crippen LogP contribution in [0.4, 0.5) is 11.4 Å². The van der Waals surface area contributed by atoms with E-state index in [9.17, 15) is 0 Å². The first-order chi connectivity index (χ1) is 17.8. The van der Waals surface area contributed by atoms with E-state index in [-0.39, 0.29) is 0 Å². The Morgan fingerprint density at radius 1 is 0.632 bits per heavy atom. The van der Waals surface area contributed by atoms with Crippen molar-refractivity contribution in [2.45, 2.75) is 99.8 Å². The molecule has 1 heterocycles. The maximum Gasteiger partial charge on any atom is 0.0849 e. The fraction of sp³-hybridized carbons (Fsp3) is 0.441. The number of benzene rings is 2. The van der Waals surface area contributed by atoms with Crippen LogP contribution in [0.3, 0.4) is 0 Å². The monoisotopic (exact) mass is 529 g/mol. The molecule has 202 valence electrons. The van der Waals surface area contributed by atoms with Gasteiger partial charge in [-0.25, -0.2) is 4.98 Å². The summed E-state index contributed by atoms with van der Waals surface area (Å²) < 4.78 is 0. The van der Waals surface area contributed by atoms with Crippen LogP contribution in [0.25, 0.3) is 0 Å². The highest BCUT2D eigenvalue weighted by Gasteiger charge is 2.18. The number of aryl methyl sites for hydroxylation is 1. The van der Waals surface area contributed by atoms with Crippen molar-refractivity contribution >= 4 is 34.4 Å². The molecule has 2 aromatic carbocycles. The molecule has 0 aliphatic carbocycles. The van der Waals surface area contributed by atoms with E-state index in [1.807, 2.05) is 37.3 Å². The number of nitrogens with zero attached hydrogens (tertiary/aromatic N) is 3. The lowest BCUT2D eigenvalue weighted by molar-refractivity contribution is 0.831. The van der Waals surface area contributed by atoms with Gasteiger partial charge in [0, 0.05) is 5.02 Å². The summed E-state index contributed by atoms with van der Waals surface area (Å²) in [5, 5.41) is 0.763. The molecule has 0 saturated carbocycles. The second-order valence-corrected chi connectivity index (χ2v) is 12.1. The van der Waals surface area contributed by atoms with Crippen molar-refractivity contribution < 1.29 is 0 Å². The van der Waals surface area contributed by atoms with Crippen molar-refractivity contribution in [3.05, 3.63) is 86.7 Å². The Hall–Kier alpha value is -2.78. The lowest BCUT2D eigenvalue weighted by Gasteiger charge is -2.19. The van der Waals surface area contributed by atoms with Gasteiger partial charge in [-0.15, -0.1) is 0 Å². The van der Waals surface area contributed by atoms with Crippen molar-refractivity contribution in [2.24, 2.45) is 9.98 Å². The fourth-order valence-corrected chi connectivity index (χ4v) is 5.02. The third-order valence-corrected chi connectivity index (χ3v) is 7.20. The number of halogens is 1. The molecule has 38 heavy (non-hydrogen) atoms. The summed E-state index contributed by atoms with van der Waals surface area (Å²) in [6.07, 6.45) is 0. The smallest absolute Gasteiger partial charge is 0.0849 e. The molecule has 0 aliphatic rings. The Morgan fingerprint density at radius 3 is 1.32 bits per heavy atom. The third-order valence-electron chi connectivity index (χ3n) is 6.98. The maximum atomic E-state index is 6.48. The van der Waals surface area contributed by atoms with Gasteiger partial charge in [0.2, 0.25) is 0 Å². The van der Waals surface area contributed by atoms with Gasteiger partial charge < -0.3 is 0 Å². The van der Waals surface area contributed by atoms with Gasteiger partial charge in [0.05, 0.1) is 34.2 Å². The quantitative estimate of drug-likeness (QED) is 0.267. The van der Waals surface area contributed by atoms with Gasteiger partial charge in [-0.05, 0) is 91.0 Å². The van der Waals surface area contributed by atoms with Crippen molar-refractivity contribution in [3.63, 3.8) is 0 Å². The standard InChI is InChI=1S/C34H44ClN3/c1-19(2)27-15-23(9)16-28(20(3)4)33(27)36-24(10)31-13-12-14-32(38-31)25(11)37-34-29(21(5)6)17-26(35)18-30(34)22(7)8/h12-22H,1-11H3/b36-24+,37-25+. The molecule has 0 fully saturated rings. The Labute approximate surface area is 235 Å². The summed E-state index contributed by atoms with van der Waals surface area (Å²) in [7, 11) is 0. The Kier molecular flexibility index (Phi) is 9.70. The van der Waals surface area contributed by atoms with Crippen LogP contribution in [-0.4, -0.2) is 16.4 Å². The maximum absolute atomic E-state index is 6.48. The molecular weight excluding hydrogens is 486 g/mol. The molecule has 0 atom stereocenters. The predicted octanol–water partition coefficient (Wildman–Crippen LogP) is 10.8. The molecule has 0 bridgehead atoms. The number of aromatic nitrogens is 1. The van der Waals surface area contributed by atoms with E-state index in [1.54, 1.807) is 0 Å². The summed E-state index contributed by atoms with van der Waals surface area (Å²) in [5.41, 5.74) is 11.8. The minimum Gasteiger partial charge on any atom is -0.251 e. The third kappa shape index (κ3) is 6.80. The zero-order chi connectivity index (χ0) is 28.3. The zero-order valence-corrected chi connectivity index (χ0v) is 25.8. The summed E-state index contributed by atoms with van der Waals surface area (Å²) >= 11 is 6.48. The second-order valence-electron chi connectivity index (χ2n) is 11.6. The van der Waals surface area contributed by atoms with Crippen molar-refractivity contribution in [2.75, 3.05) is 0 Å². The second kappa shape index (κ2) is 12.4. The van der Waals surface area contributed by atoms with Gasteiger partial charge >= 0.3 is 0 Å². The molecule has 0 unspecified atom stereocenters. The van der Waals surface area contributed by atoms with Gasteiger partial charge in [0.25, 0.3) is 0 Å². The largest absolute Gasteiger partial charge is 0.251 e. The Bertz CT molecular complexity index is 1200. The molecule has 0 radical (unpaired) electrons. The molecule has 3 rings (SSSR count). The molecular formula is C34H44ClN3. The van der Waals surface area contributed by atoms with Gasteiger partial charge in [-0.2, -0.15) is 0 Å². The highest BCUT2D eigenvalue weighted by molar-refractivity contribution is 6.30. The van der Waals surface area contributed by atoms with Gasteiger partial charge in [0.1, 0.15) is 0 Å². The molecule has 0 saturated heterocycles. The normalized spacial score (nSPS) is 12.9. The molecule has 0 spiro atoms. The highest BCUT2D eigenvalue weighted by Crippen LogP contribution is 2.38. The first-order valence-electron chi connectivity index (χ1n) is 13.9. The number of pyridine rings is 1. The first-order valence-corrected chi connectivity index (χ1v) is 14.2. The lowest BCUT2D eigenvalue weighted by Crippen LogP contribution is -2.06. The van der Waals surface area contributed by atoms with Crippen LogP contribution >= 0.6 is 11.6 Å². The van der Waals surface area contributed by atoms with Gasteiger partial charge in [0.15, 0.2) is 0 Å². The lowest BCUT2D eigenvalue weighted by atomic mass is 9.90. The zero-order valence-electron chi connectivity index (χ0n) is 25.1. The van der Waals surface area contributed by atoms with E-state index in [1.165, 1.54) is 16.7 Å². The molecule has 0 N–H and O–H groups in total. The van der Waals surface area contributed by atoms with Crippen LogP contribution in [0.15, 0.2) is 52.4 Å². The van der Waals surface area contributed by atoms with E-state index >= 15 is 0 Å². The Morgan fingerprint density at radius 2 is 0.974 bits per heavy atom. The van der Waals surface area contributed by atoms with Crippen molar-refractivity contribution in [1.82, 2.24) is 4.98 Å². The van der Waals surface area contributed by atoms with E-state index in [4.69, 9.17) is 26.6 Å². The Balaban J connectivity index is 2.12. The minimum absolute atomic E-state index is 0.311. The summed E-state index contributed by atoms with van der Waals surface area (Å²) in [6, 6.07) is 14.8. The minimum atomic E-state index is 0.311. The SMILES string of the molecule is C/C(=N\c1c(C(C)C)cc(C)cc1C(C)C)c1cccc(/C(C)=N/c2c(C(C)C)cc(Cl)cc2C(C)C)n1. The molecule has 4 heteroatoms. The topological polar surface area (TPSA) is 37.6 Å². The number of hydrogen-bond acceptors (Lipinski definition) is 3. The summed E-state index contributed by atoms with van der Waals surface area (Å²) in [6.45, 7) is 23.9. The molecule has 3 nitrogen and oxygen atoms in total. The average Bonchev–Trinajstić information content (AvgIpc) is 2.84. The highest BCUT2D eigenvalue weighted by atomic mass is 35.5. The average molecular weight is 530 g/mol. The summed E-state index contributed by atoms with van der Waals surface area (Å²) in [4.78, 5) is 15.3. The van der Waals surface area contributed by atoms with Crippen LogP contribution in [0.5, 0.6) is 0 Å². The fourth-order valence-electron chi connectivity index (χ4n) is 4.78. The molecule has 0 aliphatic heterocycles. The first kappa shape index (κ1) is 29.8. The van der Waals surface area contributed by atoms with Crippen LogP contribution in [0.1, 0.15) is 132 Å². The van der Waals surface area contributed by atoms with E-state index in [0.717, 1.165) is 50.3 Å². The number of hydrogen-bond donors (Lipinski definition) is 0. The van der Waals surface area contributed by atoms with E-state index in [2.05, 4.69) is 81.4 Å². The van der Waals surface area contributed by atoms with Crippen molar-refractivity contribution in [3.8, 4) is 0 Å². The van der Waals surface area contributed by atoms with Gasteiger partial charge in [-0.3, -0.25) is 9.98 Å². The number of rotatable bonds is 8. The predicted molar refractivity (Wildman–Crippen MR) is 167 cm³/mol. The summed E-state index contributed by atoms with van der Waals surface area (Å²) in [5.74, 6) is 1.40. The van der Waals surface area contributed by atoms with Crippen LogP contribution in [-0.2, 0) is 0 Å². The van der Waals surface area contributed by atoms with E-state index in [0.29, 0.717) is 23.7 Å². The van der Waals surface area contributed by atoms with Crippen molar-refractivity contribution in [1.29, 1.82) is 0 Å². The molecule has 3 aromatic rings. The molecule has 0 amide bonds. The van der Waals surface area contributed by atoms with Gasteiger partial charge in [-0.1, -0.05) is 90.8 Å². The van der Waals surface area contributed by atoms with Crippen LogP contribution < -0.4 is 0 Å². The van der Waals surface area contributed by atoms with Crippen LogP contribution in [0.2, 0.25) is 5.02 Å². The number of aliphatic imine (C=N–C) groups is 2.